The van der Waals surface area contributed by atoms with Crippen LogP contribution in [0.25, 0.3) is 0 Å². The van der Waals surface area contributed by atoms with E-state index in [9.17, 15) is 0 Å². The van der Waals surface area contributed by atoms with Gasteiger partial charge in [-0.3, -0.25) is 0 Å². The monoisotopic (exact) mass is 261 g/mol. The minimum Gasteiger partial charge on any atom is -0.378 e. The Morgan fingerprint density at radius 2 is 2.00 bits per heavy atom. The van der Waals surface area contributed by atoms with Gasteiger partial charge in [0.1, 0.15) is 0 Å². The molecule has 1 aliphatic rings. The van der Waals surface area contributed by atoms with Gasteiger partial charge in [-0.05, 0) is 56.8 Å². The molecular formula is C17H27NO. The van der Waals surface area contributed by atoms with Crippen molar-refractivity contribution >= 4 is 0 Å². The number of ether oxygens (including phenoxy) is 1. The van der Waals surface area contributed by atoms with E-state index in [4.69, 9.17) is 4.74 Å². The maximum absolute atomic E-state index is 5.75. The van der Waals surface area contributed by atoms with E-state index in [0.29, 0.717) is 18.1 Å². The Kier molecular flexibility index (Phi) is 5.00. The van der Waals surface area contributed by atoms with Crippen LogP contribution in [0.5, 0.6) is 0 Å². The molecule has 0 amide bonds. The lowest BCUT2D eigenvalue weighted by Crippen LogP contribution is -2.41. The second-order valence-electron chi connectivity index (χ2n) is 5.77. The normalized spacial score (nSPS) is 24.6. The number of rotatable bonds is 5. The SMILES string of the molecule is CCNC(Cc1c(C)cccc1C)C1CCOC1C. The lowest BCUT2D eigenvalue weighted by atomic mass is 9.86. The Morgan fingerprint density at radius 1 is 1.32 bits per heavy atom. The van der Waals surface area contributed by atoms with E-state index >= 15 is 0 Å². The average molecular weight is 261 g/mol. The molecule has 106 valence electrons. The van der Waals surface area contributed by atoms with Crippen LogP contribution in [-0.4, -0.2) is 25.3 Å². The van der Waals surface area contributed by atoms with Gasteiger partial charge in [0.15, 0.2) is 0 Å². The van der Waals surface area contributed by atoms with E-state index < -0.39 is 0 Å². The summed E-state index contributed by atoms with van der Waals surface area (Å²) < 4.78 is 5.75. The summed E-state index contributed by atoms with van der Waals surface area (Å²) in [5, 5.41) is 3.68. The number of aryl methyl sites for hydroxylation is 2. The first-order chi connectivity index (χ1) is 9.13. The molecule has 0 spiro atoms. The van der Waals surface area contributed by atoms with Crippen molar-refractivity contribution in [3.05, 3.63) is 34.9 Å². The molecule has 2 heteroatoms. The highest BCUT2D eigenvalue weighted by Crippen LogP contribution is 2.27. The lowest BCUT2D eigenvalue weighted by molar-refractivity contribution is 0.0955. The van der Waals surface area contributed by atoms with Crippen molar-refractivity contribution in [1.82, 2.24) is 5.32 Å². The fourth-order valence-electron chi connectivity index (χ4n) is 3.30. The van der Waals surface area contributed by atoms with Crippen molar-refractivity contribution in [2.24, 2.45) is 5.92 Å². The molecule has 1 aromatic carbocycles. The van der Waals surface area contributed by atoms with Crippen molar-refractivity contribution in [2.75, 3.05) is 13.2 Å². The van der Waals surface area contributed by atoms with Gasteiger partial charge >= 0.3 is 0 Å². The van der Waals surface area contributed by atoms with Gasteiger partial charge in [-0.2, -0.15) is 0 Å². The van der Waals surface area contributed by atoms with Crippen molar-refractivity contribution in [2.45, 2.75) is 52.7 Å². The zero-order chi connectivity index (χ0) is 13.8. The average Bonchev–Trinajstić information content (AvgIpc) is 2.79. The van der Waals surface area contributed by atoms with E-state index in [1.807, 2.05) is 0 Å². The third-order valence-corrected chi connectivity index (χ3v) is 4.49. The molecule has 0 saturated carbocycles. The second kappa shape index (κ2) is 6.53. The molecule has 19 heavy (non-hydrogen) atoms. The van der Waals surface area contributed by atoms with Crippen molar-refractivity contribution in [3.8, 4) is 0 Å². The molecule has 2 nitrogen and oxygen atoms in total. The molecular weight excluding hydrogens is 234 g/mol. The first-order valence-corrected chi connectivity index (χ1v) is 7.53. The highest BCUT2D eigenvalue weighted by Gasteiger charge is 2.31. The molecule has 3 atom stereocenters. The van der Waals surface area contributed by atoms with E-state index in [-0.39, 0.29) is 0 Å². The van der Waals surface area contributed by atoms with Crippen LogP contribution in [0.1, 0.15) is 37.0 Å². The fourth-order valence-corrected chi connectivity index (χ4v) is 3.30. The Morgan fingerprint density at radius 3 is 2.53 bits per heavy atom. The van der Waals surface area contributed by atoms with Crippen LogP contribution >= 0.6 is 0 Å². The fraction of sp³-hybridized carbons (Fsp3) is 0.647. The molecule has 0 bridgehead atoms. The van der Waals surface area contributed by atoms with Crippen LogP contribution in [0.4, 0.5) is 0 Å². The van der Waals surface area contributed by atoms with Crippen LogP contribution in [0, 0.1) is 19.8 Å². The predicted octanol–water partition coefficient (Wildman–Crippen LogP) is 3.25. The van der Waals surface area contributed by atoms with Gasteiger partial charge in [0, 0.05) is 18.6 Å². The Bertz CT molecular complexity index is 395. The van der Waals surface area contributed by atoms with Crippen LogP contribution in [-0.2, 0) is 11.2 Å². The van der Waals surface area contributed by atoms with E-state index in [2.05, 4.69) is 51.2 Å². The lowest BCUT2D eigenvalue weighted by Gasteiger charge is -2.28. The first kappa shape index (κ1) is 14.5. The Hall–Kier alpha value is -0.860. The molecule has 1 saturated heterocycles. The van der Waals surface area contributed by atoms with Gasteiger partial charge in [0.05, 0.1) is 6.10 Å². The molecule has 0 aliphatic carbocycles. The molecule has 1 fully saturated rings. The van der Waals surface area contributed by atoms with Gasteiger partial charge < -0.3 is 10.1 Å². The molecule has 1 N–H and O–H groups in total. The largest absolute Gasteiger partial charge is 0.378 e. The highest BCUT2D eigenvalue weighted by atomic mass is 16.5. The van der Waals surface area contributed by atoms with Gasteiger partial charge in [-0.25, -0.2) is 0 Å². The summed E-state index contributed by atoms with van der Waals surface area (Å²) >= 11 is 0. The van der Waals surface area contributed by atoms with Crippen LogP contribution < -0.4 is 5.32 Å². The van der Waals surface area contributed by atoms with E-state index in [1.54, 1.807) is 0 Å². The van der Waals surface area contributed by atoms with Crippen LogP contribution in [0.15, 0.2) is 18.2 Å². The zero-order valence-corrected chi connectivity index (χ0v) is 12.7. The smallest absolute Gasteiger partial charge is 0.0590 e. The first-order valence-electron chi connectivity index (χ1n) is 7.53. The zero-order valence-electron chi connectivity index (χ0n) is 12.7. The highest BCUT2D eigenvalue weighted by molar-refractivity contribution is 5.34. The Labute approximate surface area is 117 Å². The topological polar surface area (TPSA) is 21.3 Å². The molecule has 1 heterocycles. The van der Waals surface area contributed by atoms with Gasteiger partial charge in [0.25, 0.3) is 0 Å². The Balaban J connectivity index is 2.16. The molecule has 0 aromatic heterocycles. The minimum absolute atomic E-state index is 0.383. The maximum atomic E-state index is 5.75. The molecule has 1 aliphatic heterocycles. The summed E-state index contributed by atoms with van der Waals surface area (Å²) in [6.45, 7) is 10.8. The van der Waals surface area contributed by atoms with Crippen LogP contribution in [0.3, 0.4) is 0 Å². The van der Waals surface area contributed by atoms with Gasteiger partial charge in [0.2, 0.25) is 0 Å². The maximum Gasteiger partial charge on any atom is 0.0590 e. The summed E-state index contributed by atoms with van der Waals surface area (Å²) in [6, 6.07) is 7.12. The third-order valence-electron chi connectivity index (χ3n) is 4.49. The molecule has 0 radical (unpaired) electrons. The summed E-state index contributed by atoms with van der Waals surface area (Å²) in [5.74, 6) is 0.638. The number of nitrogens with one attached hydrogen (secondary N) is 1. The number of benzene rings is 1. The van der Waals surface area contributed by atoms with Crippen molar-refractivity contribution in [1.29, 1.82) is 0 Å². The quantitative estimate of drug-likeness (QED) is 0.878. The van der Waals surface area contributed by atoms with E-state index in [1.165, 1.54) is 23.1 Å². The minimum atomic E-state index is 0.383. The second-order valence-corrected chi connectivity index (χ2v) is 5.77. The summed E-state index contributed by atoms with van der Waals surface area (Å²) in [6.07, 6.45) is 2.68. The number of hydrogen-bond donors (Lipinski definition) is 1. The predicted molar refractivity (Wildman–Crippen MR) is 80.6 cm³/mol. The van der Waals surface area contributed by atoms with Crippen LogP contribution in [0.2, 0.25) is 0 Å². The molecule has 3 unspecified atom stereocenters. The van der Waals surface area contributed by atoms with Crippen molar-refractivity contribution in [3.63, 3.8) is 0 Å². The van der Waals surface area contributed by atoms with Crippen molar-refractivity contribution < 1.29 is 4.74 Å². The summed E-state index contributed by atoms with van der Waals surface area (Å²) in [4.78, 5) is 0. The van der Waals surface area contributed by atoms with E-state index in [0.717, 1.165) is 19.6 Å². The molecule has 2 rings (SSSR count). The standard InChI is InChI=1S/C17H27NO/c1-5-18-17(15-9-10-19-14(15)4)11-16-12(2)7-6-8-13(16)3/h6-8,14-15,17-18H,5,9-11H2,1-4H3. The van der Waals surface area contributed by atoms with Gasteiger partial charge in [-0.15, -0.1) is 0 Å². The summed E-state index contributed by atoms with van der Waals surface area (Å²) in [7, 11) is 0. The number of hydrogen-bond acceptors (Lipinski definition) is 2. The summed E-state index contributed by atoms with van der Waals surface area (Å²) in [5.41, 5.74) is 4.33. The number of likely N-dealkylation sites (N-methyl/N-ethyl adjacent to an activating group) is 1. The third kappa shape index (κ3) is 3.37. The van der Waals surface area contributed by atoms with Gasteiger partial charge in [-0.1, -0.05) is 25.1 Å². The molecule has 1 aromatic rings.